The van der Waals surface area contributed by atoms with E-state index >= 15 is 0 Å². The summed E-state index contributed by atoms with van der Waals surface area (Å²) in [5.74, 6) is -1.91. The van der Waals surface area contributed by atoms with E-state index in [1.165, 1.54) is 11.9 Å². The van der Waals surface area contributed by atoms with Crippen LogP contribution in [0.2, 0.25) is 0 Å². The minimum Gasteiger partial charge on any atom is -0.460 e. The number of halogens is 3. The molecular formula is C20H33Cl3N4O6. The molecule has 0 aromatic heterocycles. The molecule has 0 bridgehead atoms. The fraction of sp³-hybridized carbons (Fsp3) is 0.800. The van der Waals surface area contributed by atoms with Gasteiger partial charge in [-0.05, 0) is 46.5 Å². The fourth-order valence-electron chi connectivity index (χ4n) is 2.94. The van der Waals surface area contributed by atoms with Crippen LogP contribution in [-0.4, -0.2) is 69.6 Å². The van der Waals surface area contributed by atoms with E-state index in [4.69, 9.17) is 44.3 Å². The molecule has 1 saturated heterocycles. The predicted octanol–water partition coefficient (Wildman–Crippen LogP) is 2.45. The van der Waals surface area contributed by atoms with Crippen LogP contribution >= 0.6 is 34.8 Å². The monoisotopic (exact) mass is 530 g/mol. The molecule has 13 heteroatoms. The summed E-state index contributed by atoms with van der Waals surface area (Å²) in [6.07, 6.45) is 0.226. The molecule has 0 aromatic carbocycles. The molecule has 3 amide bonds. The highest BCUT2D eigenvalue weighted by Crippen LogP contribution is 2.26. The lowest BCUT2D eigenvalue weighted by atomic mass is 10.0. The second-order valence-corrected chi connectivity index (χ2v) is 11.7. The Balaban J connectivity index is 2.70. The smallest absolute Gasteiger partial charge is 0.408 e. The molecule has 1 heterocycles. The first-order valence-corrected chi connectivity index (χ1v) is 11.7. The number of amides is 3. The predicted molar refractivity (Wildman–Crippen MR) is 125 cm³/mol. The lowest BCUT2D eigenvalue weighted by molar-refractivity contribution is -0.152. The minimum atomic E-state index is -1.74. The summed E-state index contributed by atoms with van der Waals surface area (Å²) >= 11 is 16.8. The summed E-state index contributed by atoms with van der Waals surface area (Å²) in [6, 6.07) is -2.63. The number of nitrogens with zero attached hydrogens (tertiary/aromatic N) is 1. The van der Waals surface area contributed by atoms with Gasteiger partial charge in [-0.2, -0.15) is 0 Å². The Hall–Kier alpha value is -1.49. The van der Waals surface area contributed by atoms with Gasteiger partial charge in [0.1, 0.15) is 30.3 Å². The van der Waals surface area contributed by atoms with Gasteiger partial charge in [-0.25, -0.2) is 10.2 Å². The van der Waals surface area contributed by atoms with E-state index < -0.39 is 58.0 Å². The maximum atomic E-state index is 12.8. The third-order valence-electron chi connectivity index (χ3n) is 4.47. The third-order valence-corrected chi connectivity index (χ3v) is 4.79. The van der Waals surface area contributed by atoms with Crippen LogP contribution in [0.1, 0.15) is 54.4 Å². The topological polar surface area (TPSA) is 126 Å². The van der Waals surface area contributed by atoms with Gasteiger partial charge in [0.05, 0.1) is 0 Å². The average Bonchev–Trinajstić information content (AvgIpc) is 2.67. The van der Waals surface area contributed by atoms with Crippen molar-refractivity contribution in [3.63, 3.8) is 0 Å². The quantitative estimate of drug-likeness (QED) is 0.340. The molecular weight excluding hydrogens is 499 g/mol. The first-order chi connectivity index (χ1) is 15.0. The third kappa shape index (κ3) is 11.0. The number of alkyl halides is 3. The second kappa shape index (κ2) is 12.3. The van der Waals surface area contributed by atoms with Crippen molar-refractivity contribution in [1.29, 1.82) is 0 Å². The van der Waals surface area contributed by atoms with Crippen molar-refractivity contribution in [1.82, 2.24) is 21.1 Å². The van der Waals surface area contributed by atoms with E-state index in [-0.39, 0.29) is 5.92 Å². The molecule has 3 N–H and O–H groups in total. The largest absolute Gasteiger partial charge is 0.460 e. The minimum absolute atomic E-state index is 0.259. The summed E-state index contributed by atoms with van der Waals surface area (Å²) in [4.78, 5) is 49.9. The zero-order valence-electron chi connectivity index (χ0n) is 19.7. The second-order valence-electron chi connectivity index (χ2n) is 9.13. The standard InChI is InChI=1S/C20H33Cl3N4O6/c1-11(2)14(25-18(31)33-19(4,5)6)15(28)24-12(3)16(29)27-9-7-8-13(26-27)17(30)32-10-20(21,22)23/h11-14,26H,7-10H2,1-6H3,(H,24,28)(H,25,31)/t12-,13?,14?/m0/s1. The van der Waals surface area contributed by atoms with Crippen molar-refractivity contribution < 1.29 is 28.7 Å². The van der Waals surface area contributed by atoms with Crippen molar-refractivity contribution in [2.75, 3.05) is 13.2 Å². The van der Waals surface area contributed by atoms with Crippen molar-refractivity contribution in [2.45, 2.75) is 81.9 Å². The van der Waals surface area contributed by atoms with Crippen LogP contribution in [-0.2, 0) is 23.9 Å². The van der Waals surface area contributed by atoms with Crippen LogP contribution in [0, 0.1) is 5.92 Å². The first-order valence-electron chi connectivity index (χ1n) is 10.6. The van der Waals surface area contributed by atoms with Crippen LogP contribution in [0.3, 0.4) is 0 Å². The lowest BCUT2D eigenvalue weighted by Gasteiger charge is -2.34. The van der Waals surface area contributed by atoms with Crippen LogP contribution < -0.4 is 16.1 Å². The van der Waals surface area contributed by atoms with E-state index in [2.05, 4.69) is 16.1 Å². The van der Waals surface area contributed by atoms with Gasteiger partial charge in [0, 0.05) is 6.54 Å². The molecule has 0 aliphatic carbocycles. The Labute approximate surface area is 209 Å². The summed E-state index contributed by atoms with van der Waals surface area (Å²) in [5.41, 5.74) is 2.07. The van der Waals surface area contributed by atoms with Crippen molar-refractivity contribution in [2.24, 2.45) is 5.92 Å². The van der Waals surface area contributed by atoms with E-state index in [0.717, 1.165) is 0 Å². The van der Waals surface area contributed by atoms with E-state index in [1.807, 2.05) is 0 Å². The number of hydrogen-bond acceptors (Lipinski definition) is 7. The Morgan fingerprint density at radius 2 is 1.70 bits per heavy atom. The maximum Gasteiger partial charge on any atom is 0.408 e. The van der Waals surface area contributed by atoms with E-state index in [0.29, 0.717) is 19.4 Å². The summed E-state index contributed by atoms with van der Waals surface area (Å²) in [6.45, 7) is 10.1. The highest BCUT2D eigenvalue weighted by Gasteiger charge is 2.34. The number of ether oxygens (including phenoxy) is 2. The van der Waals surface area contributed by atoms with Crippen molar-refractivity contribution in [3.8, 4) is 0 Å². The molecule has 1 aliphatic heterocycles. The molecule has 1 fully saturated rings. The van der Waals surface area contributed by atoms with Crippen LogP contribution in [0.4, 0.5) is 4.79 Å². The van der Waals surface area contributed by atoms with Crippen LogP contribution in [0.25, 0.3) is 0 Å². The van der Waals surface area contributed by atoms with Gasteiger partial charge in [0.25, 0.3) is 5.91 Å². The summed E-state index contributed by atoms with van der Waals surface area (Å²) in [5, 5.41) is 6.40. The number of carbonyl (C=O) groups is 4. The van der Waals surface area contributed by atoms with Crippen molar-refractivity contribution >= 4 is 58.7 Å². The fourth-order valence-corrected chi connectivity index (χ4v) is 3.10. The molecule has 1 aliphatic rings. The number of alkyl carbamates (subject to hydrolysis) is 1. The van der Waals surface area contributed by atoms with Gasteiger partial charge in [-0.15, -0.1) is 0 Å². The Morgan fingerprint density at radius 3 is 2.21 bits per heavy atom. The van der Waals surface area contributed by atoms with Gasteiger partial charge in [0.2, 0.25) is 9.70 Å². The zero-order valence-corrected chi connectivity index (χ0v) is 21.9. The molecule has 3 atom stereocenters. The molecule has 1 rings (SSSR count). The van der Waals surface area contributed by atoms with Gasteiger partial charge in [0.15, 0.2) is 0 Å². The molecule has 0 aromatic rings. The lowest BCUT2D eigenvalue weighted by Crippen LogP contribution is -2.61. The number of hydrazine groups is 1. The highest BCUT2D eigenvalue weighted by atomic mass is 35.6. The normalized spacial score (nSPS) is 18.8. The first kappa shape index (κ1) is 29.5. The molecule has 33 heavy (non-hydrogen) atoms. The van der Waals surface area contributed by atoms with Crippen molar-refractivity contribution in [3.05, 3.63) is 0 Å². The van der Waals surface area contributed by atoms with Gasteiger partial charge >= 0.3 is 12.1 Å². The molecule has 0 spiro atoms. The van der Waals surface area contributed by atoms with Gasteiger partial charge in [-0.3, -0.25) is 19.4 Å². The maximum absolute atomic E-state index is 12.8. The Bertz CT molecular complexity index is 724. The SMILES string of the molecule is CC(C)C(NC(=O)OC(C)(C)C)C(=O)N[C@@H](C)C(=O)N1CCCC(C(=O)OCC(Cl)(Cl)Cl)N1. The zero-order chi connectivity index (χ0) is 25.6. The van der Waals surface area contributed by atoms with Crippen LogP contribution in [0.5, 0.6) is 0 Å². The van der Waals surface area contributed by atoms with Crippen LogP contribution in [0.15, 0.2) is 0 Å². The molecule has 2 unspecified atom stereocenters. The number of carbonyl (C=O) groups excluding carboxylic acids is 4. The number of nitrogens with one attached hydrogen (secondary N) is 3. The highest BCUT2D eigenvalue weighted by molar-refractivity contribution is 6.67. The molecule has 0 radical (unpaired) electrons. The summed E-state index contributed by atoms with van der Waals surface area (Å²) in [7, 11) is 0. The Kier molecular flexibility index (Phi) is 11.0. The van der Waals surface area contributed by atoms with Gasteiger partial charge < -0.3 is 20.1 Å². The molecule has 10 nitrogen and oxygen atoms in total. The van der Waals surface area contributed by atoms with E-state index in [1.54, 1.807) is 34.6 Å². The Morgan fingerprint density at radius 1 is 1.09 bits per heavy atom. The average molecular weight is 532 g/mol. The summed E-state index contributed by atoms with van der Waals surface area (Å²) < 4.78 is 8.44. The van der Waals surface area contributed by atoms with Gasteiger partial charge in [-0.1, -0.05) is 48.7 Å². The van der Waals surface area contributed by atoms with E-state index in [9.17, 15) is 19.2 Å². The molecule has 0 saturated carbocycles. The number of hydrogen-bond donors (Lipinski definition) is 3. The number of esters is 1. The number of rotatable bonds is 7. The molecule has 190 valence electrons.